The first-order valence-corrected chi connectivity index (χ1v) is 5.54. The molecule has 104 valence electrons. The molecule has 1 aromatic rings. The molecule has 0 fully saturated rings. The van der Waals surface area contributed by atoms with E-state index < -0.39 is 31.2 Å². The Morgan fingerprint density at radius 3 is 2.58 bits per heavy atom. The number of benzene rings is 1. The van der Waals surface area contributed by atoms with Gasteiger partial charge in [-0.25, -0.2) is 4.79 Å². The van der Waals surface area contributed by atoms with Crippen LogP contribution in [-0.2, 0) is 4.74 Å². The van der Waals surface area contributed by atoms with Crippen LogP contribution in [0, 0.1) is 0 Å². The Morgan fingerprint density at radius 1 is 1.37 bits per heavy atom. The molecule has 19 heavy (non-hydrogen) atoms. The number of hydrogen-bond donors (Lipinski definition) is 2. The van der Waals surface area contributed by atoms with Gasteiger partial charge in [0.25, 0.3) is 5.92 Å². The Morgan fingerprint density at radius 2 is 2.00 bits per heavy atom. The molecule has 1 aromatic carbocycles. The number of aliphatic hydroxyl groups is 2. The van der Waals surface area contributed by atoms with Gasteiger partial charge in [0.2, 0.25) is 0 Å². The van der Waals surface area contributed by atoms with Crippen molar-refractivity contribution in [2.75, 3.05) is 13.2 Å². The van der Waals surface area contributed by atoms with Crippen molar-refractivity contribution in [3.8, 4) is 0 Å². The molecule has 6 heteroatoms. The van der Waals surface area contributed by atoms with Crippen LogP contribution >= 0.6 is 0 Å². The normalized spacial score (nSPS) is 13.5. The number of carbonyl (C=O) groups excluding carboxylic acids is 1. The van der Waals surface area contributed by atoms with Crippen LogP contribution < -0.4 is 0 Å². The molecule has 2 N–H and O–H groups in total. The van der Waals surface area contributed by atoms with Crippen LogP contribution in [0.25, 0.3) is 0 Å². The molecular weight excluding hydrogens is 258 g/mol. The molecule has 0 heterocycles. The standard InChI is InChI=1S/C13H14F2O4/c14-13(15,7-4-8-16)11(17)9-19-12(18)10-5-2-1-3-6-10/h1-7,11,16-17H,8-9H2/b7-4-/t11-/m1/s1. The molecule has 0 aliphatic rings. The van der Waals surface area contributed by atoms with E-state index in [2.05, 4.69) is 4.74 Å². The molecule has 0 radical (unpaired) electrons. The van der Waals surface area contributed by atoms with Gasteiger partial charge in [-0.05, 0) is 18.2 Å². The molecule has 0 unspecified atom stereocenters. The summed E-state index contributed by atoms with van der Waals surface area (Å²) >= 11 is 0. The predicted molar refractivity (Wildman–Crippen MR) is 63.9 cm³/mol. The van der Waals surface area contributed by atoms with E-state index in [1.54, 1.807) is 18.2 Å². The maximum Gasteiger partial charge on any atom is 0.338 e. The smallest absolute Gasteiger partial charge is 0.338 e. The predicted octanol–water partition coefficient (Wildman–Crippen LogP) is 1.39. The van der Waals surface area contributed by atoms with Crippen molar-refractivity contribution in [3.05, 3.63) is 48.0 Å². The maximum atomic E-state index is 13.2. The molecule has 0 aliphatic heterocycles. The Balaban J connectivity index is 2.52. The van der Waals surface area contributed by atoms with Crippen molar-refractivity contribution < 1.29 is 28.5 Å². The second-order valence-electron chi connectivity index (χ2n) is 3.74. The van der Waals surface area contributed by atoms with Gasteiger partial charge >= 0.3 is 5.97 Å². The zero-order chi connectivity index (χ0) is 14.3. The second-order valence-corrected chi connectivity index (χ2v) is 3.74. The summed E-state index contributed by atoms with van der Waals surface area (Å²) in [5.41, 5.74) is 0.212. The largest absolute Gasteiger partial charge is 0.459 e. The van der Waals surface area contributed by atoms with Gasteiger partial charge in [-0.1, -0.05) is 24.3 Å². The molecule has 0 aliphatic carbocycles. The lowest BCUT2D eigenvalue weighted by molar-refractivity contribution is -0.0934. The molecule has 0 aromatic heterocycles. The topological polar surface area (TPSA) is 66.8 Å². The van der Waals surface area contributed by atoms with Crippen molar-refractivity contribution in [1.29, 1.82) is 0 Å². The lowest BCUT2D eigenvalue weighted by Gasteiger charge is -2.19. The highest BCUT2D eigenvalue weighted by Gasteiger charge is 2.36. The average Bonchev–Trinajstić information content (AvgIpc) is 2.43. The molecule has 0 amide bonds. The van der Waals surface area contributed by atoms with E-state index in [4.69, 9.17) is 5.11 Å². The van der Waals surface area contributed by atoms with Crippen molar-refractivity contribution >= 4 is 5.97 Å². The Hall–Kier alpha value is -1.79. The minimum absolute atomic E-state index is 0.212. The number of halogens is 2. The van der Waals surface area contributed by atoms with Gasteiger partial charge in [0.1, 0.15) is 6.61 Å². The highest BCUT2D eigenvalue weighted by atomic mass is 19.3. The molecule has 1 rings (SSSR count). The number of hydrogen-bond acceptors (Lipinski definition) is 4. The fourth-order valence-corrected chi connectivity index (χ4v) is 1.24. The number of rotatable bonds is 6. The van der Waals surface area contributed by atoms with Gasteiger partial charge < -0.3 is 14.9 Å². The van der Waals surface area contributed by atoms with Crippen LogP contribution in [0.2, 0.25) is 0 Å². The first-order chi connectivity index (χ1) is 8.97. The Bertz CT molecular complexity index is 432. The van der Waals surface area contributed by atoms with Crippen LogP contribution in [0.4, 0.5) is 8.78 Å². The van der Waals surface area contributed by atoms with Crippen LogP contribution in [0.5, 0.6) is 0 Å². The monoisotopic (exact) mass is 272 g/mol. The summed E-state index contributed by atoms with van der Waals surface area (Å²) in [6, 6.07) is 7.84. The van der Waals surface area contributed by atoms with Crippen molar-refractivity contribution in [1.82, 2.24) is 0 Å². The van der Waals surface area contributed by atoms with Crippen LogP contribution in [0.15, 0.2) is 42.5 Å². The summed E-state index contributed by atoms with van der Waals surface area (Å²) in [6.07, 6.45) is -0.987. The zero-order valence-electron chi connectivity index (χ0n) is 10.00. The molecule has 0 saturated carbocycles. The third kappa shape index (κ3) is 4.76. The Labute approximate surface area is 108 Å². The minimum Gasteiger partial charge on any atom is -0.459 e. The molecule has 0 spiro atoms. The summed E-state index contributed by atoms with van der Waals surface area (Å²) in [5, 5.41) is 17.6. The van der Waals surface area contributed by atoms with Crippen LogP contribution in [-0.4, -0.2) is 41.4 Å². The van der Waals surface area contributed by atoms with Crippen molar-refractivity contribution in [3.63, 3.8) is 0 Å². The lowest BCUT2D eigenvalue weighted by atomic mass is 10.2. The number of carbonyl (C=O) groups is 1. The number of aliphatic hydroxyl groups excluding tert-OH is 2. The van der Waals surface area contributed by atoms with Gasteiger partial charge in [0.05, 0.1) is 12.2 Å². The maximum absolute atomic E-state index is 13.2. The lowest BCUT2D eigenvalue weighted by Crippen LogP contribution is -2.36. The van der Waals surface area contributed by atoms with E-state index in [0.29, 0.717) is 6.08 Å². The van der Waals surface area contributed by atoms with E-state index >= 15 is 0 Å². The van der Waals surface area contributed by atoms with E-state index in [1.165, 1.54) is 12.1 Å². The van der Waals surface area contributed by atoms with Gasteiger partial charge in [-0.15, -0.1) is 0 Å². The Kier molecular flexibility index (Phi) is 5.59. The fourth-order valence-electron chi connectivity index (χ4n) is 1.24. The van der Waals surface area contributed by atoms with Crippen LogP contribution in [0.3, 0.4) is 0 Å². The SMILES string of the molecule is O=C(OC[C@@H](O)C(F)(F)/C=C\CO)c1ccccc1. The van der Waals surface area contributed by atoms with Crippen LogP contribution in [0.1, 0.15) is 10.4 Å². The number of esters is 1. The molecule has 0 bridgehead atoms. The highest BCUT2D eigenvalue weighted by Crippen LogP contribution is 2.21. The van der Waals surface area contributed by atoms with Gasteiger partial charge in [-0.3, -0.25) is 0 Å². The minimum atomic E-state index is -3.57. The fraction of sp³-hybridized carbons (Fsp3) is 0.308. The molecule has 4 nitrogen and oxygen atoms in total. The van der Waals surface area contributed by atoms with Gasteiger partial charge in [0, 0.05) is 0 Å². The zero-order valence-corrected chi connectivity index (χ0v) is 10.00. The highest BCUT2D eigenvalue weighted by molar-refractivity contribution is 5.89. The van der Waals surface area contributed by atoms with Crippen molar-refractivity contribution in [2.45, 2.75) is 12.0 Å². The van der Waals surface area contributed by atoms with E-state index in [-0.39, 0.29) is 5.56 Å². The number of alkyl halides is 2. The summed E-state index contributed by atoms with van der Waals surface area (Å²) < 4.78 is 31.0. The van der Waals surface area contributed by atoms with Gasteiger partial charge in [0.15, 0.2) is 6.10 Å². The van der Waals surface area contributed by atoms with Gasteiger partial charge in [-0.2, -0.15) is 8.78 Å². The summed E-state index contributed by atoms with van der Waals surface area (Å²) in [4.78, 5) is 11.5. The van der Waals surface area contributed by atoms with Crippen molar-refractivity contribution in [2.24, 2.45) is 0 Å². The first-order valence-electron chi connectivity index (χ1n) is 5.54. The summed E-state index contributed by atoms with van der Waals surface area (Å²) in [6.45, 7) is -1.40. The molecule has 1 atom stereocenters. The second kappa shape index (κ2) is 6.96. The third-order valence-electron chi connectivity index (χ3n) is 2.27. The average molecular weight is 272 g/mol. The molecule has 0 saturated heterocycles. The number of ether oxygens (including phenoxy) is 1. The quantitative estimate of drug-likeness (QED) is 0.606. The summed E-state index contributed by atoms with van der Waals surface area (Å²) in [5.74, 6) is -4.36. The molecular formula is C13H14F2O4. The summed E-state index contributed by atoms with van der Waals surface area (Å²) in [7, 11) is 0. The van der Waals surface area contributed by atoms with E-state index in [0.717, 1.165) is 6.08 Å². The van der Waals surface area contributed by atoms with E-state index in [9.17, 15) is 18.7 Å². The third-order valence-corrected chi connectivity index (χ3v) is 2.27. The first kappa shape index (κ1) is 15.3. The van der Waals surface area contributed by atoms with E-state index in [1.807, 2.05) is 0 Å².